The molecule has 2 aromatic carbocycles. The summed E-state index contributed by atoms with van der Waals surface area (Å²) in [5, 5.41) is 0. The van der Waals surface area contributed by atoms with Gasteiger partial charge in [0.15, 0.2) is 5.67 Å². The maximum Gasteiger partial charge on any atom is 0.264 e. The molecule has 3 aliphatic rings. The molecule has 0 bridgehead atoms. The third-order valence-corrected chi connectivity index (χ3v) is 7.60. The van der Waals surface area contributed by atoms with Crippen LogP contribution in [-0.4, -0.2) is 64.3 Å². The Morgan fingerprint density at radius 2 is 1.83 bits per heavy atom. The summed E-state index contributed by atoms with van der Waals surface area (Å²) < 4.78 is 83.6. The first-order chi connectivity index (χ1) is 17.0. The van der Waals surface area contributed by atoms with Crippen LogP contribution in [0.2, 0.25) is 0 Å². The standard InChI is InChI=1S/C26H28F3NO5S/c1-16-9-20-19-6-4-3-5-17(19)10-21(20)25(30(16)13-26(29)14-33-15-26)24-22(27)11-18(12-23(24)28)34-7-8-35-36(2,31)32/h3-6,11-12,16,25H,7-10,13-15H2,1-2H3/t16-,25+/m1/s1. The van der Waals surface area contributed by atoms with Gasteiger partial charge in [-0.2, -0.15) is 8.42 Å². The van der Waals surface area contributed by atoms with Crippen LogP contribution in [-0.2, 0) is 25.5 Å². The SMILES string of the molecule is C[C@@H]1CC2=C(Cc3ccccc32)[C@@H](c2c(F)cc(OCCOS(C)(=O)=O)cc2F)N1CC1(F)COC1. The molecule has 0 aromatic heterocycles. The van der Waals surface area contributed by atoms with Crippen LogP contribution in [0.15, 0.2) is 42.0 Å². The number of benzene rings is 2. The Hall–Kier alpha value is -2.40. The maximum atomic E-state index is 15.6. The number of fused-ring (bicyclic) bond motifs is 2. The number of hydrogen-bond acceptors (Lipinski definition) is 6. The lowest BCUT2D eigenvalue weighted by Crippen LogP contribution is -2.57. The molecule has 36 heavy (non-hydrogen) atoms. The van der Waals surface area contributed by atoms with Gasteiger partial charge in [0.05, 0.1) is 25.5 Å². The number of hydrogen-bond donors (Lipinski definition) is 0. The highest BCUT2D eigenvalue weighted by atomic mass is 32.2. The van der Waals surface area contributed by atoms with Crippen LogP contribution in [0.25, 0.3) is 5.57 Å². The number of rotatable bonds is 8. The summed E-state index contributed by atoms with van der Waals surface area (Å²) in [4.78, 5) is 1.86. The quantitative estimate of drug-likeness (QED) is 0.382. The van der Waals surface area contributed by atoms with Crippen molar-refractivity contribution in [1.82, 2.24) is 4.90 Å². The predicted molar refractivity (Wildman–Crippen MR) is 128 cm³/mol. The van der Waals surface area contributed by atoms with Crippen molar-refractivity contribution in [3.05, 3.63) is 70.3 Å². The molecule has 0 unspecified atom stereocenters. The van der Waals surface area contributed by atoms with E-state index in [-0.39, 0.29) is 50.3 Å². The highest BCUT2D eigenvalue weighted by molar-refractivity contribution is 7.85. The van der Waals surface area contributed by atoms with Crippen molar-refractivity contribution in [1.29, 1.82) is 0 Å². The second-order valence-electron chi connectivity index (χ2n) is 9.78. The molecule has 5 rings (SSSR count). The van der Waals surface area contributed by atoms with Crippen LogP contribution in [0.1, 0.15) is 36.1 Å². The van der Waals surface area contributed by atoms with E-state index < -0.39 is 33.5 Å². The topological polar surface area (TPSA) is 65.1 Å². The van der Waals surface area contributed by atoms with E-state index in [1.54, 1.807) is 0 Å². The molecule has 0 saturated carbocycles. The van der Waals surface area contributed by atoms with E-state index in [4.69, 9.17) is 9.47 Å². The van der Waals surface area contributed by atoms with Gasteiger partial charge >= 0.3 is 0 Å². The fourth-order valence-electron chi connectivity index (χ4n) is 5.40. The highest BCUT2D eigenvalue weighted by Crippen LogP contribution is 2.50. The van der Waals surface area contributed by atoms with Crippen molar-refractivity contribution in [3.8, 4) is 5.75 Å². The molecule has 2 heterocycles. The lowest BCUT2D eigenvalue weighted by Gasteiger charge is -2.47. The highest BCUT2D eigenvalue weighted by Gasteiger charge is 2.47. The van der Waals surface area contributed by atoms with Gasteiger partial charge in [0.1, 0.15) is 30.6 Å². The third kappa shape index (κ3) is 4.91. The zero-order chi connectivity index (χ0) is 25.7. The van der Waals surface area contributed by atoms with Gasteiger partial charge < -0.3 is 9.47 Å². The van der Waals surface area contributed by atoms with E-state index in [1.165, 1.54) is 0 Å². The molecular formula is C26H28F3NO5S. The van der Waals surface area contributed by atoms with Crippen molar-refractivity contribution in [2.75, 3.05) is 39.2 Å². The Labute approximate surface area is 208 Å². The van der Waals surface area contributed by atoms with E-state index in [2.05, 4.69) is 4.18 Å². The zero-order valence-corrected chi connectivity index (χ0v) is 20.9. The monoisotopic (exact) mass is 523 g/mol. The van der Waals surface area contributed by atoms with Gasteiger partial charge in [-0.15, -0.1) is 0 Å². The van der Waals surface area contributed by atoms with Crippen LogP contribution in [0.4, 0.5) is 13.2 Å². The van der Waals surface area contributed by atoms with Gasteiger partial charge in [0, 0.05) is 30.3 Å². The molecule has 0 amide bonds. The second kappa shape index (κ2) is 9.48. The van der Waals surface area contributed by atoms with Crippen molar-refractivity contribution in [2.45, 2.75) is 37.5 Å². The van der Waals surface area contributed by atoms with E-state index >= 15 is 13.2 Å². The lowest BCUT2D eigenvalue weighted by atomic mass is 9.83. The summed E-state index contributed by atoms with van der Waals surface area (Å²) in [7, 11) is -3.65. The van der Waals surface area contributed by atoms with Gasteiger partial charge in [-0.1, -0.05) is 24.3 Å². The van der Waals surface area contributed by atoms with Crippen LogP contribution in [0.5, 0.6) is 5.75 Å². The molecule has 10 heteroatoms. The van der Waals surface area contributed by atoms with Crippen LogP contribution in [0.3, 0.4) is 0 Å². The van der Waals surface area contributed by atoms with E-state index in [0.29, 0.717) is 12.8 Å². The smallest absolute Gasteiger partial charge is 0.264 e. The Balaban J connectivity index is 1.49. The minimum absolute atomic E-state index is 0.00587. The van der Waals surface area contributed by atoms with Crippen molar-refractivity contribution in [2.24, 2.45) is 0 Å². The molecule has 2 aromatic rings. The van der Waals surface area contributed by atoms with E-state index in [9.17, 15) is 8.42 Å². The first kappa shape index (κ1) is 25.3. The Kier molecular flexibility index (Phi) is 6.65. The van der Waals surface area contributed by atoms with Gasteiger partial charge in [-0.3, -0.25) is 9.08 Å². The molecule has 1 saturated heterocycles. The van der Waals surface area contributed by atoms with Crippen LogP contribution in [0, 0.1) is 11.6 Å². The maximum absolute atomic E-state index is 15.6. The van der Waals surface area contributed by atoms with Gasteiger partial charge in [-0.25, -0.2) is 13.2 Å². The van der Waals surface area contributed by atoms with Crippen molar-refractivity contribution in [3.63, 3.8) is 0 Å². The summed E-state index contributed by atoms with van der Waals surface area (Å²) in [6, 6.07) is 9.14. The molecular weight excluding hydrogens is 495 g/mol. The molecule has 6 nitrogen and oxygen atoms in total. The fourth-order valence-corrected chi connectivity index (χ4v) is 5.77. The average Bonchev–Trinajstić information content (AvgIpc) is 3.14. The summed E-state index contributed by atoms with van der Waals surface area (Å²) >= 11 is 0. The van der Waals surface area contributed by atoms with Gasteiger partial charge in [0.2, 0.25) is 0 Å². The molecule has 194 valence electrons. The van der Waals surface area contributed by atoms with E-state index in [0.717, 1.165) is 40.7 Å². The summed E-state index contributed by atoms with van der Waals surface area (Å²) in [6.45, 7) is 1.39. The van der Waals surface area contributed by atoms with Crippen LogP contribution >= 0.6 is 0 Å². The minimum Gasteiger partial charge on any atom is -0.491 e. The first-order valence-electron chi connectivity index (χ1n) is 11.8. The van der Waals surface area contributed by atoms with E-state index in [1.807, 2.05) is 36.1 Å². The summed E-state index contributed by atoms with van der Waals surface area (Å²) in [5.41, 5.74) is 2.41. The van der Waals surface area contributed by atoms with Crippen molar-refractivity contribution >= 4 is 15.7 Å². The second-order valence-corrected chi connectivity index (χ2v) is 11.4. The Morgan fingerprint density at radius 3 is 2.47 bits per heavy atom. The van der Waals surface area contributed by atoms with Crippen molar-refractivity contribution < 1.29 is 35.2 Å². The number of ether oxygens (including phenoxy) is 2. The molecule has 0 N–H and O–H groups in total. The summed E-state index contributed by atoms with van der Waals surface area (Å²) in [6.07, 6.45) is 2.10. The Bertz CT molecular complexity index is 1290. The molecule has 2 aliphatic heterocycles. The van der Waals surface area contributed by atoms with Gasteiger partial charge in [-0.05, 0) is 42.0 Å². The minimum atomic E-state index is -3.65. The number of halogens is 3. The third-order valence-electron chi connectivity index (χ3n) is 7.00. The van der Waals surface area contributed by atoms with Crippen LogP contribution < -0.4 is 4.74 Å². The average molecular weight is 524 g/mol. The molecule has 0 spiro atoms. The largest absolute Gasteiger partial charge is 0.491 e. The normalized spacial score (nSPS) is 23.2. The zero-order valence-electron chi connectivity index (χ0n) is 20.1. The fraction of sp³-hybridized carbons (Fsp3) is 0.462. The number of alkyl halides is 1. The lowest BCUT2D eigenvalue weighted by molar-refractivity contribution is -0.147. The summed E-state index contributed by atoms with van der Waals surface area (Å²) in [5.74, 6) is -1.70. The predicted octanol–water partition coefficient (Wildman–Crippen LogP) is 4.20. The molecule has 0 radical (unpaired) electrons. The first-order valence-corrected chi connectivity index (χ1v) is 13.6. The molecule has 2 atom stereocenters. The number of nitrogens with zero attached hydrogens (tertiary/aromatic N) is 1. The molecule has 1 fully saturated rings. The van der Waals surface area contributed by atoms with Gasteiger partial charge in [0.25, 0.3) is 10.1 Å². The Morgan fingerprint density at radius 1 is 1.14 bits per heavy atom. The molecule has 1 aliphatic carbocycles.